The number of rotatable bonds is 4. The van der Waals surface area contributed by atoms with Gasteiger partial charge in [-0.25, -0.2) is 14.0 Å². The zero-order chi connectivity index (χ0) is 15.5. The van der Waals surface area contributed by atoms with Crippen molar-refractivity contribution in [2.45, 2.75) is 32.4 Å². The third-order valence-electron chi connectivity index (χ3n) is 2.14. The van der Waals surface area contributed by atoms with Crippen molar-refractivity contribution in [3.8, 4) is 5.75 Å². The maximum absolute atomic E-state index is 13.5. The van der Waals surface area contributed by atoms with Crippen molar-refractivity contribution in [1.29, 1.82) is 0 Å². The fourth-order valence-electron chi connectivity index (χ4n) is 1.36. The first-order valence-corrected chi connectivity index (χ1v) is 5.81. The number of hydrogen-bond acceptors (Lipinski definition) is 5. The van der Waals surface area contributed by atoms with E-state index in [2.05, 4.69) is 5.32 Å². The highest BCUT2D eigenvalue weighted by atomic mass is 19.1. The van der Waals surface area contributed by atoms with Gasteiger partial charge in [0, 0.05) is 6.07 Å². The van der Waals surface area contributed by atoms with E-state index in [-0.39, 0.29) is 11.4 Å². The maximum atomic E-state index is 13.5. The molecule has 20 heavy (non-hydrogen) atoms. The largest absolute Gasteiger partial charge is 0.508 e. The second kappa shape index (κ2) is 5.77. The lowest BCUT2D eigenvalue weighted by Crippen LogP contribution is -2.42. The van der Waals surface area contributed by atoms with Crippen molar-refractivity contribution in [2.75, 3.05) is 5.32 Å². The standard InChI is InChI=1S/C13H16FNO5/c1-13(2,3)20-12(19)10(11(17)18)15-9-5-4-7(16)6-8(9)14/h4-6,10,15-16H,1-3H3,(H,17,18)/t10-/m0/s1. The molecule has 0 spiro atoms. The van der Waals surface area contributed by atoms with E-state index in [4.69, 9.17) is 14.9 Å². The molecule has 1 aromatic carbocycles. The first-order chi connectivity index (χ1) is 9.10. The molecule has 7 heteroatoms. The summed E-state index contributed by atoms with van der Waals surface area (Å²) in [6, 6.07) is 1.36. The van der Waals surface area contributed by atoms with E-state index in [0.29, 0.717) is 0 Å². The molecule has 0 heterocycles. The number of benzene rings is 1. The molecule has 0 amide bonds. The number of aliphatic carboxylic acids is 1. The minimum absolute atomic E-state index is 0.221. The highest BCUT2D eigenvalue weighted by Crippen LogP contribution is 2.21. The van der Waals surface area contributed by atoms with Crippen LogP contribution in [-0.4, -0.2) is 33.8 Å². The van der Waals surface area contributed by atoms with Crippen molar-refractivity contribution < 1.29 is 28.9 Å². The van der Waals surface area contributed by atoms with Crippen LogP contribution in [0, 0.1) is 5.82 Å². The Kier molecular flexibility index (Phi) is 4.54. The lowest BCUT2D eigenvalue weighted by molar-refractivity contribution is -0.160. The van der Waals surface area contributed by atoms with Crippen LogP contribution in [0.25, 0.3) is 0 Å². The van der Waals surface area contributed by atoms with Crippen molar-refractivity contribution in [1.82, 2.24) is 0 Å². The van der Waals surface area contributed by atoms with Crippen molar-refractivity contribution in [3.05, 3.63) is 24.0 Å². The summed E-state index contributed by atoms with van der Waals surface area (Å²) in [6.45, 7) is 4.76. The highest BCUT2D eigenvalue weighted by Gasteiger charge is 2.31. The highest BCUT2D eigenvalue weighted by molar-refractivity contribution is 6.01. The number of carboxylic acid groups (broad SMARTS) is 1. The van der Waals surface area contributed by atoms with Gasteiger partial charge < -0.3 is 20.3 Å². The molecule has 3 N–H and O–H groups in total. The van der Waals surface area contributed by atoms with Crippen LogP contribution in [0.2, 0.25) is 0 Å². The lowest BCUT2D eigenvalue weighted by Gasteiger charge is -2.23. The van der Waals surface area contributed by atoms with Crippen LogP contribution < -0.4 is 5.32 Å². The second-order valence-corrected chi connectivity index (χ2v) is 5.11. The summed E-state index contributed by atoms with van der Waals surface area (Å²) in [6.07, 6.45) is 0. The van der Waals surface area contributed by atoms with Gasteiger partial charge in [0.25, 0.3) is 0 Å². The zero-order valence-electron chi connectivity index (χ0n) is 11.3. The Morgan fingerprint density at radius 1 is 1.35 bits per heavy atom. The van der Waals surface area contributed by atoms with Gasteiger partial charge in [0.2, 0.25) is 6.04 Å². The number of hydrogen-bond donors (Lipinski definition) is 3. The Morgan fingerprint density at radius 3 is 2.40 bits per heavy atom. The van der Waals surface area contributed by atoms with Crippen molar-refractivity contribution >= 4 is 17.6 Å². The molecule has 1 rings (SSSR count). The molecule has 0 aliphatic carbocycles. The van der Waals surface area contributed by atoms with E-state index in [9.17, 15) is 14.0 Å². The predicted octanol–water partition coefficient (Wildman–Crippen LogP) is 1.74. The number of carbonyl (C=O) groups excluding carboxylic acids is 1. The molecule has 0 saturated heterocycles. The van der Waals surface area contributed by atoms with E-state index in [1.165, 1.54) is 6.07 Å². The monoisotopic (exact) mass is 285 g/mol. The molecule has 0 aliphatic rings. The molecular weight excluding hydrogens is 269 g/mol. The molecular formula is C13H16FNO5. The summed E-state index contributed by atoms with van der Waals surface area (Å²) in [4.78, 5) is 22.8. The average molecular weight is 285 g/mol. The summed E-state index contributed by atoms with van der Waals surface area (Å²) in [5.74, 6) is -3.71. The molecule has 6 nitrogen and oxygen atoms in total. The number of esters is 1. The van der Waals surface area contributed by atoms with Crippen LogP contribution in [0.1, 0.15) is 20.8 Å². The average Bonchev–Trinajstić information content (AvgIpc) is 2.24. The van der Waals surface area contributed by atoms with Gasteiger partial charge in [0.1, 0.15) is 17.2 Å². The Bertz CT molecular complexity index is 524. The zero-order valence-corrected chi connectivity index (χ0v) is 11.3. The van der Waals surface area contributed by atoms with E-state index in [1.807, 2.05) is 0 Å². The number of carboxylic acids is 1. The number of phenolic OH excluding ortho intramolecular Hbond substituents is 1. The number of anilines is 1. The number of nitrogens with one attached hydrogen (secondary N) is 1. The van der Waals surface area contributed by atoms with Gasteiger partial charge in [-0.15, -0.1) is 0 Å². The predicted molar refractivity (Wildman–Crippen MR) is 69.0 cm³/mol. The van der Waals surface area contributed by atoms with Crippen LogP contribution in [0.15, 0.2) is 18.2 Å². The maximum Gasteiger partial charge on any atom is 0.340 e. The number of aromatic hydroxyl groups is 1. The molecule has 0 fully saturated rings. The normalized spacial score (nSPS) is 12.6. The van der Waals surface area contributed by atoms with Gasteiger partial charge >= 0.3 is 11.9 Å². The molecule has 0 aromatic heterocycles. The Balaban J connectivity index is 2.93. The molecule has 0 bridgehead atoms. The third kappa shape index (κ3) is 4.42. The molecule has 0 aliphatic heterocycles. The smallest absolute Gasteiger partial charge is 0.340 e. The van der Waals surface area contributed by atoms with Crippen LogP contribution >= 0.6 is 0 Å². The molecule has 0 radical (unpaired) electrons. The first kappa shape index (κ1) is 15.7. The number of phenols is 1. The molecule has 0 unspecified atom stereocenters. The molecule has 1 atom stereocenters. The van der Waals surface area contributed by atoms with Gasteiger partial charge in [0.05, 0.1) is 5.69 Å². The summed E-state index contributed by atoms with van der Waals surface area (Å²) >= 11 is 0. The number of ether oxygens (including phenoxy) is 1. The Hall–Kier alpha value is -2.31. The van der Waals surface area contributed by atoms with Gasteiger partial charge in [-0.1, -0.05) is 0 Å². The van der Waals surface area contributed by atoms with E-state index in [0.717, 1.165) is 12.1 Å². The summed E-state index contributed by atoms with van der Waals surface area (Å²) in [7, 11) is 0. The third-order valence-corrected chi connectivity index (χ3v) is 2.14. The number of carbonyl (C=O) groups is 2. The van der Waals surface area contributed by atoms with Crippen molar-refractivity contribution in [3.63, 3.8) is 0 Å². The summed E-state index contributed by atoms with van der Waals surface area (Å²) in [5.41, 5.74) is -1.08. The summed E-state index contributed by atoms with van der Waals surface area (Å²) in [5, 5.41) is 20.3. The number of halogens is 1. The molecule has 1 aromatic rings. The molecule has 0 saturated carbocycles. The SMILES string of the molecule is CC(C)(C)OC(=O)[C@@H](Nc1ccc(O)cc1F)C(=O)O. The van der Waals surface area contributed by atoms with Crippen LogP contribution in [-0.2, 0) is 14.3 Å². The van der Waals surface area contributed by atoms with E-state index < -0.39 is 29.4 Å². The van der Waals surface area contributed by atoms with Gasteiger partial charge in [-0.3, -0.25) is 0 Å². The summed E-state index contributed by atoms with van der Waals surface area (Å²) < 4.78 is 18.5. The minimum Gasteiger partial charge on any atom is -0.508 e. The minimum atomic E-state index is -1.74. The van der Waals surface area contributed by atoms with Crippen LogP contribution in [0.4, 0.5) is 10.1 Å². The quantitative estimate of drug-likeness (QED) is 0.443. The van der Waals surface area contributed by atoms with Crippen LogP contribution in [0.5, 0.6) is 5.75 Å². The van der Waals surface area contributed by atoms with Crippen molar-refractivity contribution in [2.24, 2.45) is 0 Å². The van der Waals surface area contributed by atoms with E-state index >= 15 is 0 Å². The first-order valence-electron chi connectivity index (χ1n) is 5.81. The van der Waals surface area contributed by atoms with Gasteiger partial charge in [-0.2, -0.15) is 0 Å². The van der Waals surface area contributed by atoms with Crippen LogP contribution in [0.3, 0.4) is 0 Å². The van der Waals surface area contributed by atoms with Gasteiger partial charge in [-0.05, 0) is 32.9 Å². The molecule has 110 valence electrons. The fraction of sp³-hybridized carbons (Fsp3) is 0.385. The Labute approximate surface area is 115 Å². The Morgan fingerprint density at radius 2 is 1.95 bits per heavy atom. The van der Waals surface area contributed by atoms with Gasteiger partial charge in [0.15, 0.2) is 0 Å². The topological polar surface area (TPSA) is 95.9 Å². The lowest BCUT2D eigenvalue weighted by atomic mass is 10.2. The fourth-order valence-corrected chi connectivity index (χ4v) is 1.36. The van der Waals surface area contributed by atoms with E-state index in [1.54, 1.807) is 20.8 Å². The second-order valence-electron chi connectivity index (χ2n) is 5.11.